The van der Waals surface area contributed by atoms with Gasteiger partial charge in [-0.2, -0.15) is 5.10 Å². The van der Waals surface area contributed by atoms with Crippen molar-refractivity contribution >= 4 is 46.9 Å². The van der Waals surface area contributed by atoms with Crippen LogP contribution in [0.5, 0.6) is 5.75 Å². The second kappa shape index (κ2) is 11.3. The molecule has 0 spiro atoms. The fourth-order valence-electron chi connectivity index (χ4n) is 2.70. The molecule has 3 aromatic carbocycles. The van der Waals surface area contributed by atoms with E-state index in [1.54, 1.807) is 54.6 Å². The van der Waals surface area contributed by atoms with Gasteiger partial charge in [-0.05, 0) is 66.1 Å². The van der Waals surface area contributed by atoms with Crippen LogP contribution in [0.4, 0.5) is 5.69 Å². The number of carbonyl (C=O) groups is 2. The Morgan fingerprint density at radius 1 is 0.938 bits per heavy atom. The Kier molecular flexibility index (Phi) is 8.25. The van der Waals surface area contributed by atoms with Gasteiger partial charge < -0.3 is 10.1 Å². The zero-order valence-electron chi connectivity index (χ0n) is 17.3. The van der Waals surface area contributed by atoms with Crippen LogP contribution in [-0.2, 0) is 22.6 Å². The maximum Gasteiger partial charge on any atom is 0.329 e. The van der Waals surface area contributed by atoms with Crippen LogP contribution in [-0.4, -0.2) is 18.0 Å². The molecule has 6 nitrogen and oxygen atoms in total. The van der Waals surface area contributed by atoms with E-state index in [9.17, 15) is 9.59 Å². The van der Waals surface area contributed by atoms with Gasteiger partial charge >= 0.3 is 11.8 Å². The summed E-state index contributed by atoms with van der Waals surface area (Å²) >= 11 is 12.3. The molecule has 0 heterocycles. The molecular formula is C24H21Cl2N3O3. The lowest BCUT2D eigenvalue weighted by atomic mass is 10.1. The number of benzene rings is 3. The van der Waals surface area contributed by atoms with Gasteiger partial charge in [0, 0.05) is 21.3 Å². The minimum absolute atomic E-state index is 0.234. The molecule has 3 aromatic rings. The van der Waals surface area contributed by atoms with E-state index >= 15 is 0 Å². The van der Waals surface area contributed by atoms with Crippen LogP contribution in [0.2, 0.25) is 10.0 Å². The van der Waals surface area contributed by atoms with Crippen molar-refractivity contribution in [2.24, 2.45) is 5.10 Å². The third-order valence-corrected chi connectivity index (χ3v) is 5.24. The standard InChI is InChI=1S/C24H21Cl2N3O3/c1-2-16-6-10-18(11-7-16)28-23(30)24(31)29-27-14-17-8-12-19(13-9-17)32-15-20-21(25)4-3-5-22(20)26/h3-14H,2,15H2,1H3,(H,28,30)(H,29,31)/b27-14-. The normalized spacial score (nSPS) is 10.7. The predicted molar refractivity (Wildman–Crippen MR) is 127 cm³/mol. The number of nitrogens with one attached hydrogen (secondary N) is 2. The number of hydrazone groups is 1. The van der Waals surface area contributed by atoms with Crippen LogP contribution in [0.25, 0.3) is 0 Å². The highest BCUT2D eigenvalue weighted by molar-refractivity contribution is 6.39. The summed E-state index contributed by atoms with van der Waals surface area (Å²) in [7, 11) is 0. The van der Waals surface area contributed by atoms with Gasteiger partial charge in [0.1, 0.15) is 12.4 Å². The summed E-state index contributed by atoms with van der Waals surface area (Å²) in [5.74, 6) is -1.04. The zero-order chi connectivity index (χ0) is 22.9. The molecule has 0 aliphatic heterocycles. The number of hydrogen-bond acceptors (Lipinski definition) is 4. The fraction of sp³-hybridized carbons (Fsp3) is 0.125. The molecule has 0 aliphatic rings. The smallest absolute Gasteiger partial charge is 0.329 e. The molecule has 8 heteroatoms. The number of carbonyl (C=O) groups excluding carboxylic acids is 2. The maximum atomic E-state index is 12.0. The van der Waals surface area contributed by atoms with Gasteiger partial charge in [0.15, 0.2) is 0 Å². The number of nitrogens with zero attached hydrogens (tertiary/aromatic N) is 1. The molecule has 0 fully saturated rings. The highest BCUT2D eigenvalue weighted by Gasteiger charge is 2.12. The first-order valence-electron chi connectivity index (χ1n) is 9.85. The van der Waals surface area contributed by atoms with Gasteiger partial charge in [-0.15, -0.1) is 0 Å². The molecule has 32 heavy (non-hydrogen) atoms. The number of hydrogen-bond donors (Lipinski definition) is 2. The molecule has 3 rings (SSSR count). The van der Waals surface area contributed by atoms with E-state index < -0.39 is 11.8 Å². The summed E-state index contributed by atoms with van der Waals surface area (Å²) in [4.78, 5) is 23.9. The van der Waals surface area contributed by atoms with Gasteiger partial charge in [-0.25, -0.2) is 5.43 Å². The van der Waals surface area contributed by atoms with E-state index in [4.69, 9.17) is 27.9 Å². The van der Waals surface area contributed by atoms with Crippen LogP contribution in [0, 0.1) is 0 Å². The molecule has 0 aromatic heterocycles. The third-order valence-electron chi connectivity index (χ3n) is 4.53. The summed E-state index contributed by atoms with van der Waals surface area (Å²) in [5.41, 5.74) is 5.31. The summed E-state index contributed by atoms with van der Waals surface area (Å²) in [6.07, 6.45) is 2.32. The van der Waals surface area contributed by atoms with Crippen LogP contribution >= 0.6 is 23.2 Å². The minimum Gasteiger partial charge on any atom is -0.489 e. The predicted octanol–water partition coefficient (Wildman–Crippen LogP) is 5.22. The highest BCUT2D eigenvalue weighted by Crippen LogP contribution is 2.25. The quantitative estimate of drug-likeness (QED) is 0.282. The lowest BCUT2D eigenvalue weighted by Crippen LogP contribution is -2.32. The fourth-order valence-corrected chi connectivity index (χ4v) is 3.21. The van der Waals surface area contributed by atoms with Crippen molar-refractivity contribution in [1.29, 1.82) is 0 Å². The second-order valence-corrected chi connectivity index (χ2v) is 7.58. The average Bonchev–Trinajstić information content (AvgIpc) is 2.80. The SMILES string of the molecule is CCc1ccc(NC(=O)C(=O)N/N=C\c2ccc(OCc3c(Cl)cccc3Cl)cc2)cc1. The summed E-state index contributed by atoms with van der Waals surface area (Å²) in [5, 5.41) is 7.42. The lowest BCUT2D eigenvalue weighted by Gasteiger charge is -2.09. The van der Waals surface area contributed by atoms with Crippen molar-refractivity contribution in [3.63, 3.8) is 0 Å². The van der Waals surface area contributed by atoms with Crippen LogP contribution in [0.3, 0.4) is 0 Å². The Bertz CT molecular complexity index is 1090. The van der Waals surface area contributed by atoms with Crippen molar-refractivity contribution < 1.29 is 14.3 Å². The molecule has 0 saturated heterocycles. The van der Waals surface area contributed by atoms with Crippen LogP contribution in [0.15, 0.2) is 71.8 Å². The Morgan fingerprint density at radius 3 is 2.22 bits per heavy atom. The van der Waals surface area contributed by atoms with E-state index in [0.29, 0.717) is 32.6 Å². The third kappa shape index (κ3) is 6.57. The Balaban J connectivity index is 1.48. The molecule has 0 aliphatic carbocycles. The molecule has 164 valence electrons. The Morgan fingerprint density at radius 2 is 1.59 bits per heavy atom. The van der Waals surface area contributed by atoms with Gasteiger partial charge in [0.25, 0.3) is 0 Å². The monoisotopic (exact) mass is 469 g/mol. The number of ether oxygens (including phenoxy) is 1. The van der Waals surface area contributed by atoms with Crippen molar-refractivity contribution in [2.75, 3.05) is 5.32 Å². The van der Waals surface area contributed by atoms with E-state index in [1.807, 2.05) is 19.1 Å². The number of rotatable bonds is 7. The van der Waals surface area contributed by atoms with Crippen molar-refractivity contribution in [1.82, 2.24) is 5.43 Å². The lowest BCUT2D eigenvalue weighted by molar-refractivity contribution is -0.136. The first-order chi connectivity index (χ1) is 15.5. The molecule has 0 radical (unpaired) electrons. The topological polar surface area (TPSA) is 79.8 Å². The minimum atomic E-state index is -0.864. The van der Waals surface area contributed by atoms with Gasteiger partial charge in [-0.3, -0.25) is 9.59 Å². The molecule has 0 unspecified atom stereocenters. The Labute approximate surface area is 196 Å². The van der Waals surface area contributed by atoms with Gasteiger partial charge in [0.2, 0.25) is 0 Å². The number of aryl methyl sites for hydroxylation is 1. The van der Waals surface area contributed by atoms with Gasteiger partial charge in [0.05, 0.1) is 6.21 Å². The number of amides is 2. The summed E-state index contributed by atoms with van der Waals surface area (Å²) in [6, 6.07) is 19.6. The van der Waals surface area contributed by atoms with E-state index in [1.165, 1.54) is 6.21 Å². The molecule has 2 N–H and O–H groups in total. The molecule has 0 saturated carbocycles. The van der Waals surface area contributed by atoms with Crippen molar-refractivity contribution in [2.45, 2.75) is 20.0 Å². The average molecular weight is 470 g/mol. The molecular weight excluding hydrogens is 449 g/mol. The van der Waals surface area contributed by atoms with Gasteiger partial charge in [-0.1, -0.05) is 48.3 Å². The van der Waals surface area contributed by atoms with Crippen molar-refractivity contribution in [3.8, 4) is 5.75 Å². The van der Waals surface area contributed by atoms with Crippen LogP contribution < -0.4 is 15.5 Å². The van der Waals surface area contributed by atoms with E-state index in [-0.39, 0.29) is 6.61 Å². The Hall–Kier alpha value is -3.35. The maximum absolute atomic E-state index is 12.0. The molecule has 0 bridgehead atoms. The largest absolute Gasteiger partial charge is 0.489 e. The first-order valence-corrected chi connectivity index (χ1v) is 10.6. The van der Waals surface area contributed by atoms with E-state index in [0.717, 1.165) is 12.0 Å². The number of halogens is 2. The highest BCUT2D eigenvalue weighted by atomic mass is 35.5. The molecule has 2 amide bonds. The molecule has 0 atom stereocenters. The first kappa shape index (κ1) is 23.3. The summed E-state index contributed by atoms with van der Waals surface area (Å²) < 4.78 is 5.72. The van der Waals surface area contributed by atoms with E-state index in [2.05, 4.69) is 15.8 Å². The summed E-state index contributed by atoms with van der Waals surface area (Å²) in [6.45, 7) is 2.27. The van der Waals surface area contributed by atoms with Crippen molar-refractivity contribution in [3.05, 3.63) is 93.5 Å². The number of anilines is 1. The van der Waals surface area contributed by atoms with Crippen LogP contribution in [0.1, 0.15) is 23.6 Å². The second-order valence-electron chi connectivity index (χ2n) is 6.76. The zero-order valence-corrected chi connectivity index (χ0v) is 18.8.